The van der Waals surface area contributed by atoms with Crippen molar-refractivity contribution in [2.75, 3.05) is 11.5 Å². The van der Waals surface area contributed by atoms with Crippen molar-refractivity contribution < 1.29 is 22.4 Å². The molecule has 1 aliphatic heterocycles. The molecule has 29 heavy (non-hydrogen) atoms. The zero-order valence-corrected chi connectivity index (χ0v) is 18.2. The van der Waals surface area contributed by atoms with Gasteiger partial charge in [0.2, 0.25) is 0 Å². The molecule has 1 aromatic carbocycles. The molecular weight excluding hydrogens is 390 g/mol. The molecule has 0 bridgehead atoms. The molecule has 0 aliphatic carbocycles. The number of rotatable bonds is 6. The summed E-state index contributed by atoms with van der Waals surface area (Å²) in [5.74, 6) is 1.05. The Kier molecular flexibility index (Phi) is 6.08. The van der Waals surface area contributed by atoms with E-state index in [4.69, 9.17) is 9.15 Å². The molecule has 2 aromatic rings. The van der Waals surface area contributed by atoms with Gasteiger partial charge in [-0.15, -0.1) is 0 Å². The fraction of sp³-hybridized carbons (Fsp3) is 0.500. The van der Waals surface area contributed by atoms with Crippen LogP contribution in [0.1, 0.15) is 45.4 Å². The van der Waals surface area contributed by atoms with E-state index in [0.29, 0.717) is 17.9 Å². The predicted octanol–water partition coefficient (Wildman–Crippen LogP) is 3.56. The third-order valence-corrected chi connectivity index (χ3v) is 6.97. The number of hydrogen-bond acceptors (Lipinski definition) is 5. The predicted molar refractivity (Wildman–Crippen MR) is 112 cm³/mol. The molecule has 1 amide bonds. The van der Waals surface area contributed by atoms with Gasteiger partial charge in [-0.25, -0.2) is 8.42 Å². The maximum absolute atomic E-state index is 13.2. The fourth-order valence-electron chi connectivity index (χ4n) is 3.50. The van der Waals surface area contributed by atoms with Crippen molar-refractivity contribution in [2.24, 2.45) is 0 Å². The maximum Gasteiger partial charge on any atom is 0.264 e. The SMILES string of the molecule is CC(Oc1ccc(C(C)(C)C)cc1)C(=O)N(Cc1ccco1)C1CCS(=O)(=O)C1. The molecule has 2 unspecified atom stereocenters. The molecule has 2 heterocycles. The number of benzene rings is 1. The number of carbonyl (C=O) groups is 1. The first-order valence-corrected chi connectivity index (χ1v) is 11.7. The smallest absolute Gasteiger partial charge is 0.264 e. The second-order valence-electron chi connectivity index (χ2n) is 8.64. The third kappa shape index (κ3) is 5.41. The van der Waals surface area contributed by atoms with Crippen molar-refractivity contribution in [3.63, 3.8) is 0 Å². The van der Waals surface area contributed by atoms with Gasteiger partial charge in [0, 0.05) is 6.04 Å². The molecule has 1 aliphatic rings. The molecule has 0 radical (unpaired) electrons. The van der Waals surface area contributed by atoms with Crippen LogP contribution in [0.15, 0.2) is 47.1 Å². The first kappa shape index (κ1) is 21.4. The monoisotopic (exact) mass is 419 g/mol. The van der Waals surface area contributed by atoms with Gasteiger partial charge in [0.15, 0.2) is 15.9 Å². The molecule has 0 saturated carbocycles. The van der Waals surface area contributed by atoms with Crippen molar-refractivity contribution in [1.82, 2.24) is 4.90 Å². The molecule has 158 valence electrons. The van der Waals surface area contributed by atoms with Crippen LogP contribution in [0.3, 0.4) is 0 Å². The van der Waals surface area contributed by atoms with Gasteiger partial charge in [-0.05, 0) is 48.6 Å². The topological polar surface area (TPSA) is 76.8 Å². The molecule has 2 atom stereocenters. The van der Waals surface area contributed by atoms with Gasteiger partial charge in [0.25, 0.3) is 5.91 Å². The van der Waals surface area contributed by atoms with Gasteiger partial charge in [0.05, 0.1) is 24.3 Å². The van der Waals surface area contributed by atoms with Crippen LogP contribution < -0.4 is 4.74 Å². The molecule has 1 aromatic heterocycles. The zero-order valence-electron chi connectivity index (χ0n) is 17.4. The Bertz CT molecular complexity index is 927. The van der Waals surface area contributed by atoms with Crippen LogP contribution in [-0.4, -0.2) is 42.9 Å². The molecule has 7 heteroatoms. The number of amides is 1. The maximum atomic E-state index is 13.2. The van der Waals surface area contributed by atoms with Crippen molar-refractivity contribution in [3.8, 4) is 5.75 Å². The summed E-state index contributed by atoms with van der Waals surface area (Å²) in [6.07, 6.45) is 1.23. The summed E-state index contributed by atoms with van der Waals surface area (Å²) in [6.45, 7) is 8.33. The molecule has 0 N–H and O–H groups in total. The first-order valence-electron chi connectivity index (χ1n) is 9.86. The van der Waals surface area contributed by atoms with Crippen molar-refractivity contribution in [3.05, 3.63) is 54.0 Å². The van der Waals surface area contributed by atoms with E-state index in [9.17, 15) is 13.2 Å². The van der Waals surface area contributed by atoms with Crippen LogP contribution >= 0.6 is 0 Å². The average molecular weight is 420 g/mol. The summed E-state index contributed by atoms with van der Waals surface area (Å²) in [7, 11) is -3.12. The molecule has 1 saturated heterocycles. The number of hydrogen-bond donors (Lipinski definition) is 0. The Morgan fingerprint density at radius 3 is 2.45 bits per heavy atom. The van der Waals surface area contributed by atoms with Gasteiger partial charge < -0.3 is 14.1 Å². The van der Waals surface area contributed by atoms with E-state index in [2.05, 4.69) is 20.8 Å². The van der Waals surface area contributed by atoms with Crippen LogP contribution in [0, 0.1) is 0 Å². The Balaban J connectivity index is 1.74. The summed E-state index contributed by atoms with van der Waals surface area (Å²) in [5.41, 5.74) is 1.22. The molecular formula is C22H29NO5S. The lowest BCUT2D eigenvalue weighted by molar-refractivity contribution is -0.140. The first-order chi connectivity index (χ1) is 13.5. The third-order valence-electron chi connectivity index (χ3n) is 5.22. The van der Waals surface area contributed by atoms with Gasteiger partial charge in [0.1, 0.15) is 11.5 Å². The largest absolute Gasteiger partial charge is 0.481 e. The second kappa shape index (κ2) is 8.22. The molecule has 0 spiro atoms. The number of nitrogens with zero attached hydrogens (tertiary/aromatic N) is 1. The van der Waals surface area contributed by atoms with Crippen LogP contribution in [0.2, 0.25) is 0 Å². The summed E-state index contributed by atoms with van der Waals surface area (Å²) < 4.78 is 35.2. The molecule has 3 rings (SSSR count). The highest BCUT2D eigenvalue weighted by atomic mass is 32.2. The van der Waals surface area contributed by atoms with E-state index in [1.165, 1.54) is 5.56 Å². The highest BCUT2D eigenvalue weighted by Crippen LogP contribution is 2.26. The minimum atomic E-state index is -3.12. The summed E-state index contributed by atoms with van der Waals surface area (Å²) in [4.78, 5) is 14.7. The van der Waals surface area contributed by atoms with E-state index >= 15 is 0 Å². The number of furan rings is 1. The molecule has 6 nitrogen and oxygen atoms in total. The summed E-state index contributed by atoms with van der Waals surface area (Å²) in [5, 5.41) is 0. The van der Waals surface area contributed by atoms with Crippen LogP contribution in [0.4, 0.5) is 0 Å². The summed E-state index contributed by atoms with van der Waals surface area (Å²) in [6, 6.07) is 10.9. The van der Waals surface area contributed by atoms with Crippen molar-refractivity contribution in [1.29, 1.82) is 0 Å². The summed E-state index contributed by atoms with van der Waals surface area (Å²) >= 11 is 0. The van der Waals surface area contributed by atoms with E-state index in [1.807, 2.05) is 24.3 Å². The number of ether oxygens (including phenoxy) is 1. The lowest BCUT2D eigenvalue weighted by Gasteiger charge is -2.30. The van der Waals surface area contributed by atoms with E-state index in [1.54, 1.807) is 30.2 Å². The van der Waals surface area contributed by atoms with Gasteiger partial charge in [-0.3, -0.25) is 4.79 Å². The highest BCUT2D eigenvalue weighted by Gasteiger charge is 2.37. The Morgan fingerprint density at radius 1 is 1.24 bits per heavy atom. The quantitative estimate of drug-likeness (QED) is 0.715. The number of sulfone groups is 1. The minimum absolute atomic E-state index is 0.0214. The Hall–Kier alpha value is -2.28. The number of carbonyl (C=O) groups excluding carboxylic acids is 1. The van der Waals surface area contributed by atoms with Gasteiger partial charge in [-0.1, -0.05) is 32.9 Å². The van der Waals surface area contributed by atoms with Crippen LogP contribution in [0.5, 0.6) is 5.75 Å². The lowest BCUT2D eigenvalue weighted by Crippen LogP contribution is -2.46. The second-order valence-corrected chi connectivity index (χ2v) is 10.9. The van der Waals surface area contributed by atoms with E-state index in [-0.39, 0.29) is 35.4 Å². The van der Waals surface area contributed by atoms with E-state index < -0.39 is 15.9 Å². The normalized spacial score (nSPS) is 19.7. The van der Waals surface area contributed by atoms with Gasteiger partial charge in [-0.2, -0.15) is 0 Å². The average Bonchev–Trinajstić information content (AvgIpc) is 3.28. The van der Waals surface area contributed by atoms with Crippen LogP contribution in [0.25, 0.3) is 0 Å². The lowest BCUT2D eigenvalue weighted by atomic mass is 9.87. The minimum Gasteiger partial charge on any atom is -0.481 e. The molecule has 1 fully saturated rings. The van der Waals surface area contributed by atoms with Crippen LogP contribution in [-0.2, 0) is 26.6 Å². The Morgan fingerprint density at radius 2 is 1.93 bits per heavy atom. The van der Waals surface area contributed by atoms with Crippen molar-refractivity contribution in [2.45, 2.75) is 58.2 Å². The Labute approximate surface area is 172 Å². The fourth-order valence-corrected chi connectivity index (χ4v) is 5.23. The van der Waals surface area contributed by atoms with Gasteiger partial charge >= 0.3 is 0 Å². The highest BCUT2D eigenvalue weighted by molar-refractivity contribution is 7.91. The standard InChI is InChI=1S/C22H29NO5S/c1-16(28-19-9-7-17(8-10-19)22(2,3)4)21(24)23(14-20-6-5-12-27-20)18-11-13-29(25,26)15-18/h5-10,12,16,18H,11,13-15H2,1-4H3. The van der Waals surface area contributed by atoms with Crippen molar-refractivity contribution >= 4 is 15.7 Å². The van der Waals surface area contributed by atoms with E-state index in [0.717, 1.165) is 0 Å². The zero-order chi connectivity index (χ0) is 21.2.